The molecule has 1 fully saturated rings. The number of quaternary nitrogens is 1. The number of nitro groups is 1. The van der Waals surface area contributed by atoms with Gasteiger partial charge in [-0.25, -0.2) is 8.75 Å². The van der Waals surface area contributed by atoms with Crippen molar-refractivity contribution in [1.82, 2.24) is 24.5 Å². The van der Waals surface area contributed by atoms with Crippen molar-refractivity contribution < 1.29 is 44.1 Å². The molecule has 19 heteroatoms. The fourth-order valence-corrected chi connectivity index (χ4v) is 6.79. The first kappa shape index (κ1) is 35.9. The average molecular weight is 667 g/mol. The van der Waals surface area contributed by atoms with Crippen LogP contribution in [0.4, 0.5) is 5.95 Å². The van der Waals surface area contributed by atoms with Crippen LogP contribution in [0.25, 0.3) is 0 Å². The van der Waals surface area contributed by atoms with Gasteiger partial charge in [0.2, 0.25) is 6.23 Å². The van der Waals surface area contributed by atoms with Gasteiger partial charge in [-0.2, -0.15) is 16.8 Å². The molecule has 3 unspecified atom stereocenters. The molecule has 0 bridgehead atoms. The molecule has 0 aliphatic carbocycles. The molecular weight excluding hydrogens is 622 g/mol. The van der Waals surface area contributed by atoms with E-state index in [1.807, 2.05) is 13.8 Å². The van der Waals surface area contributed by atoms with Crippen LogP contribution in [0.15, 0.2) is 18.6 Å². The molecule has 2 aromatic rings. The van der Waals surface area contributed by atoms with Crippen LogP contribution in [-0.2, 0) is 57.7 Å². The highest BCUT2D eigenvalue weighted by atomic mass is 32.2. The molecule has 3 rings (SSSR count). The molecule has 0 spiro atoms. The van der Waals surface area contributed by atoms with Gasteiger partial charge in [0.05, 0.1) is 37.9 Å². The third-order valence-corrected chi connectivity index (χ3v) is 9.52. The van der Waals surface area contributed by atoms with Crippen molar-refractivity contribution >= 4 is 26.2 Å². The number of hydrogen-bond acceptors (Lipinski definition) is 13. The van der Waals surface area contributed by atoms with Crippen molar-refractivity contribution in [2.45, 2.75) is 91.1 Å². The van der Waals surface area contributed by atoms with Gasteiger partial charge in [0.25, 0.3) is 20.2 Å². The lowest BCUT2D eigenvalue weighted by Gasteiger charge is -2.40. The van der Waals surface area contributed by atoms with Gasteiger partial charge in [-0.05, 0) is 50.9 Å². The van der Waals surface area contributed by atoms with Crippen LogP contribution in [0.2, 0.25) is 0 Å². The van der Waals surface area contributed by atoms with E-state index in [9.17, 15) is 26.9 Å². The Labute approximate surface area is 258 Å². The van der Waals surface area contributed by atoms with Crippen LogP contribution in [0.5, 0.6) is 0 Å². The molecule has 3 heterocycles. The van der Waals surface area contributed by atoms with Crippen LogP contribution in [0.3, 0.4) is 0 Å². The van der Waals surface area contributed by atoms with Gasteiger partial charge in [-0.3, -0.25) is 13.3 Å². The average Bonchev–Trinajstić information content (AvgIpc) is 3.62. The molecular formula is C25H44N7O10S2+. The number of unbranched alkanes of at least 4 members (excludes halogenated alkanes) is 1. The minimum absolute atomic E-state index is 0.0322. The van der Waals surface area contributed by atoms with E-state index in [0.29, 0.717) is 62.2 Å². The van der Waals surface area contributed by atoms with E-state index >= 15 is 0 Å². The van der Waals surface area contributed by atoms with E-state index < -0.39 is 43.8 Å². The zero-order valence-electron chi connectivity index (χ0n) is 25.7. The van der Waals surface area contributed by atoms with Crippen molar-refractivity contribution in [2.75, 3.05) is 38.3 Å². The molecule has 0 radical (unpaired) electrons. The molecule has 1 aliphatic rings. The van der Waals surface area contributed by atoms with Crippen molar-refractivity contribution in [2.24, 2.45) is 0 Å². The normalized spacial score (nSPS) is 17.9. The van der Waals surface area contributed by atoms with E-state index in [4.69, 9.17) is 17.8 Å². The molecule has 0 aromatic carbocycles. The number of ether oxygens (including phenoxy) is 2. The number of imidazole rings is 1. The van der Waals surface area contributed by atoms with Crippen molar-refractivity contribution in [3.05, 3.63) is 34.4 Å². The van der Waals surface area contributed by atoms with Gasteiger partial charge in [0, 0.05) is 20.1 Å². The van der Waals surface area contributed by atoms with Crippen LogP contribution in [0, 0.1) is 10.1 Å². The first-order valence-electron chi connectivity index (χ1n) is 14.7. The lowest BCUT2D eigenvalue weighted by Crippen LogP contribution is -2.55. The Morgan fingerprint density at radius 1 is 1.20 bits per heavy atom. The predicted molar refractivity (Wildman–Crippen MR) is 157 cm³/mol. The van der Waals surface area contributed by atoms with Crippen LogP contribution in [-0.4, -0.2) is 108 Å². The summed E-state index contributed by atoms with van der Waals surface area (Å²) in [7, 11) is -7.55. The quantitative estimate of drug-likeness (QED) is 0.0496. The van der Waals surface area contributed by atoms with E-state index in [2.05, 4.69) is 15.3 Å². The summed E-state index contributed by atoms with van der Waals surface area (Å²) in [6, 6.07) is 0. The van der Waals surface area contributed by atoms with E-state index in [1.54, 1.807) is 17.8 Å². The van der Waals surface area contributed by atoms with Crippen LogP contribution in [0.1, 0.15) is 58.6 Å². The summed E-state index contributed by atoms with van der Waals surface area (Å²) < 4.78 is 74.1. The molecule has 1 saturated heterocycles. The van der Waals surface area contributed by atoms with Gasteiger partial charge < -0.3 is 19.6 Å². The lowest BCUT2D eigenvalue weighted by atomic mass is 10.2. The van der Waals surface area contributed by atoms with Gasteiger partial charge >= 0.3 is 5.95 Å². The monoisotopic (exact) mass is 666 g/mol. The highest BCUT2D eigenvalue weighted by molar-refractivity contribution is 7.86. The van der Waals surface area contributed by atoms with E-state index in [1.165, 1.54) is 17.0 Å². The highest BCUT2D eigenvalue weighted by Crippen LogP contribution is 2.21. The smallest absolute Gasteiger partial charge is 0.390 e. The Morgan fingerprint density at radius 3 is 2.59 bits per heavy atom. The second kappa shape index (κ2) is 16.1. The Balaban J connectivity index is 1.51. The fourth-order valence-electron chi connectivity index (χ4n) is 5.07. The Bertz CT molecular complexity index is 1400. The number of aromatic nitrogens is 5. The molecule has 44 heavy (non-hydrogen) atoms. The minimum atomic E-state index is -3.92. The van der Waals surface area contributed by atoms with E-state index in [0.717, 1.165) is 19.1 Å². The Morgan fingerprint density at radius 2 is 1.95 bits per heavy atom. The minimum Gasteiger partial charge on any atom is -0.390 e. The second-order valence-electron chi connectivity index (χ2n) is 10.8. The summed E-state index contributed by atoms with van der Waals surface area (Å²) in [5.74, 6) is -0.619. The van der Waals surface area contributed by atoms with Crippen molar-refractivity contribution in [1.29, 1.82) is 0 Å². The fraction of sp³-hybridized carbons (Fsp3) is 0.800. The van der Waals surface area contributed by atoms with Crippen LogP contribution < -0.4 is 0 Å². The van der Waals surface area contributed by atoms with Crippen molar-refractivity contribution in [3.8, 4) is 0 Å². The molecule has 0 saturated carbocycles. The summed E-state index contributed by atoms with van der Waals surface area (Å²) in [5.41, 5.74) is 0.666. The SMILES string of the molecule is CC[N+](CC)(Cc1cn(CCCCS(=O)(=O)OCC(Cn2ccnc2[N+](=O)[O-])OC2CCCCO2)nn1)C(C)OS(C)(=O)=O. The molecule has 250 valence electrons. The lowest BCUT2D eigenvalue weighted by molar-refractivity contribution is -0.975. The summed E-state index contributed by atoms with van der Waals surface area (Å²) in [6.07, 6.45) is 6.73. The van der Waals surface area contributed by atoms with Gasteiger partial charge in [-0.15, -0.1) is 5.10 Å². The maximum atomic E-state index is 12.7. The number of hydrogen-bond donors (Lipinski definition) is 0. The number of rotatable bonds is 20. The topological polar surface area (TPSA) is 197 Å². The molecule has 3 atom stereocenters. The first-order chi connectivity index (χ1) is 20.8. The predicted octanol–water partition coefficient (Wildman–Crippen LogP) is 1.80. The maximum absolute atomic E-state index is 12.7. The molecule has 17 nitrogen and oxygen atoms in total. The Kier molecular flexibility index (Phi) is 13.2. The molecule has 0 N–H and O–H groups in total. The standard InChI is InChI=1S/C25H44N7O10S2/c1-5-32(6-2,21(3)42-43(4,35)36)19-22-17-30(28-27-22)13-8-10-16-44(37,38)40-20-23(41-24-11-7-9-15-39-24)18-29-14-12-26-25(29)31(33)34/h12,14,17,21,23-24H,5-11,13,15-16,18-20H2,1-4H3/q+1. The number of nitrogens with zero attached hydrogens (tertiary/aromatic N) is 7. The molecule has 2 aromatic heterocycles. The maximum Gasteiger partial charge on any atom is 0.434 e. The third-order valence-electron chi connectivity index (χ3n) is 7.61. The molecule has 0 amide bonds. The third kappa shape index (κ3) is 11.1. The largest absolute Gasteiger partial charge is 0.434 e. The van der Waals surface area contributed by atoms with Crippen LogP contribution >= 0.6 is 0 Å². The zero-order valence-corrected chi connectivity index (χ0v) is 27.3. The summed E-state index contributed by atoms with van der Waals surface area (Å²) >= 11 is 0. The van der Waals surface area contributed by atoms with Gasteiger partial charge in [-0.1, -0.05) is 10.2 Å². The van der Waals surface area contributed by atoms with Gasteiger partial charge in [0.15, 0.2) is 6.29 Å². The highest BCUT2D eigenvalue weighted by Gasteiger charge is 2.35. The van der Waals surface area contributed by atoms with E-state index in [-0.39, 0.29) is 24.9 Å². The summed E-state index contributed by atoms with van der Waals surface area (Å²) in [6.45, 7) is 7.87. The second-order valence-corrected chi connectivity index (χ2v) is 14.2. The first-order valence-corrected chi connectivity index (χ1v) is 18.1. The summed E-state index contributed by atoms with van der Waals surface area (Å²) in [4.78, 5) is 14.4. The molecule has 1 aliphatic heterocycles. The Hall–Kier alpha value is -2.55. The van der Waals surface area contributed by atoms with Crippen molar-refractivity contribution in [3.63, 3.8) is 0 Å². The zero-order chi connectivity index (χ0) is 32.4. The summed E-state index contributed by atoms with van der Waals surface area (Å²) in [5, 5.41) is 19.6. The number of aryl methyl sites for hydroxylation is 1. The van der Waals surface area contributed by atoms with Gasteiger partial charge in [0.1, 0.15) is 37.3 Å².